The highest BCUT2D eigenvalue weighted by Gasteiger charge is 2.34. The minimum Gasteiger partial charge on any atom is -0.310 e. The van der Waals surface area contributed by atoms with Crippen molar-refractivity contribution in [3.05, 3.63) is 24.3 Å². The Kier molecular flexibility index (Phi) is 4.43. The summed E-state index contributed by atoms with van der Waals surface area (Å²) in [4.78, 5) is 28.7. The molecule has 22 heavy (non-hydrogen) atoms. The molecule has 0 radical (unpaired) electrons. The number of para-hydroxylation sites is 2. The normalized spacial score (nSPS) is 24.8. The van der Waals surface area contributed by atoms with Crippen molar-refractivity contribution in [1.29, 1.82) is 0 Å². The number of anilines is 2. The van der Waals surface area contributed by atoms with Crippen molar-refractivity contribution in [3.8, 4) is 0 Å². The van der Waals surface area contributed by atoms with E-state index >= 15 is 0 Å². The molecule has 0 unspecified atom stereocenters. The molecule has 1 aromatic rings. The molecule has 0 bridgehead atoms. The minimum atomic E-state index is 0.0313. The lowest BCUT2D eigenvalue weighted by atomic mass is 10.1. The van der Waals surface area contributed by atoms with Crippen LogP contribution in [0.2, 0.25) is 0 Å². The molecule has 0 aromatic heterocycles. The fraction of sp³-hybridized carbons (Fsp3) is 0.529. The van der Waals surface area contributed by atoms with Gasteiger partial charge in [-0.05, 0) is 36.6 Å². The molecule has 2 atom stereocenters. The molecular weight excluding hydrogens is 296 g/mol. The maximum atomic E-state index is 12.9. The van der Waals surface area contributed by atoms with Gasteiger partial charge in [-0.1, -0.05) is 19.1 Å². The molecular formula is C17H22N2O2S. The number of benzene rings is 1. The van der Waals surface area contributed by atoms with E-state index in [1.807, 2.05) is 29.2 Å². The lowest BCUT2D eigenvalue weighted by Crippen LogP contribution is -2.39. The highest BCUT2D eigenvalue weighted by atomic mass is 32.2. The highest BCUT2D eigenvalue weighted by molar-refractivity contribution is 8.00. The lowest BCUT2D eigenvalue weighted by Gasteiger charge is -2.27. The Balaban J connectivity index is 2.00. The van der Waals surface area contributed by atoms with Gasteiger partial charge in [-0.2, -0.15) is 0 Å². The van der Waals surface area contributed by atoms with Crippen molar-refractivity contribution in [3.63, 3.8) is 0 Å². The smallest absolute Gasteiger partial charge is 0.240 e. The number of carbonyl (C=O) groups excluding carboxylic acids is 2. The zero-order chi connectivity index (χ0) is 15.7. The maximum Gasteiger partial charge on any atom is 0.240 e. The minimum absolute atomic E-state index is 0.0313. The van der Waals surface area contributed by atoms with E-state index in [4.69, 9.17) is 0 Å². The summed E-state index contributed by atoms with van der Waals surface area (Å²) in [5.74, 6) is 1.56. The van der Waals surface area contributed by atoms with Gasteiger partial charge in [0.2, 0.25) is 11.8 Å². The SMILES string of the molecule is CC(=O)N1C[C@@H](C)CN(C(=O)[C@@H]2CCCS2)c2ccccc21. The van der Waals surface area contributed by atoms with Crippen LogP contribution in [0.4, 0.5) is 11.4 Å². The van der Waals surface area contributed by atoms with Crippen LogP contribution in [-0.2, 0) is 9.59 Å². The van der Waals surface area contributed by atoms with Crippen molar-refractivity contribution >= 4 is 35.0 Å². The Bertz CT molecular complexity index is 584. The monoisotopic (exact) mass is 318 g/mol. The second-order valence-electron chi connectivity index (χ2n) is 6.17. The fourth-order valence-corrected chi connectivity index (χ4v) is 4.47. The van der Waals surface area contributed by atoms with Gasteiger partial charge in [0.25, 0.3) is 0 Å². The first-order valence-corrected chi connectivity index (χ1v) is 8.93. The van der Waals surface area contributed by atoms with E-state index in [2.05, 4.69) is 6.92 Å². The molecule has 2 amide bonds. The Labute approximate surface area is 135 Å². The van der Waals surface area contributed by atoms with Gasteiger partial charge in [0.1, 0.15) is 0 Å². The van der Waals surface area contributed by atoms with Gasteiger partial charge in [0.05, 0.1) is 16.6 Å². The van der Waals surface area contributed by atoms with Gasteiger partial charge in [0, 0.05) is 20.0 Å². The number of fused-ring (bicyclic) bond motifs is 1. The van der Waals surface area contributed by atoms with E-state index in [0.29, 0.717) is 13.1 Å². The summed E-state index contributed by atoms with van der Waals surface area (Å²) in [5.41, 5.74) is 1.73. The van der Waals surface area contributed by atoms with Gasteiger partial charge >= 0.3 is 0 Å². The second-order valence-corrected chi connectivity index (χ2v) is 7.48. The summed E-state index contributed by atoms with van der Waals surface area (Å²) < 4.78 is 0. The zero-order valence-electron chi connectivity index (χ0n) is 13.1. The van der Waals surface area contributed by atoms with E-state index in [9.17, 15) is 9.59 Å². The molecule has 2 aliphatic rings. The molecule has 0 N–H and O–H groups in total. The zero-order valence-corrected chi connectivity index (χ0v) is 13.9. The molecule has 118 valence electrons. The molecule has 3 rings (SSSR count). The molecule has 0 spiro atoms. The molecule has 1 aromatic carbocycles. The van der Waals surface area contributed by atoms with Crippen LogP contribution >= 0.6 is 11.8 Å². The van der Waals surface area contributed by atoms with Crippen molar-refractivity contribution < 1.29 is 9.59 Å². The van der Waals surface area contributed by atoms with Crippen molar-refractivity contribution in [2.75, 3.05) is 28.6 Å². The maximum absolute atomic E-state index is 12.9. The van der Waals surface area contributed by atoms with Crippen LogP contribution < -0.4 is 9.80 Å². The molecule has 1 saturated heterocycles. The van der Waals surface area contributed by atoms with Gasteiger partial charge in [-0.25, -0.2) is 0 Å². The van der Waals surface area contributed by atoms with Crippen LogP contribution in [-0.4, -0.2) is 35.9 Å². The summed E-state index contributed by atoms with van der Waals surface area (Å²) in [6, 6.07) is 7.77. The topological polar surface area (TPSA) is 40.6 Å². The van der Waals surface area contributed by atoms with Gasteiger partial charge in [-0.15, -0.1) is 11.8 Å². The van der Waals surface area contributed by atoms with Crippen LogP contribution in [0, 0.1) is 5.92 Å². The number of carbonyl (C=O) groups is 2. The van der Waals surface area contributed by atoms with Crippen molar-refractivity contribution in [1.82, 2.24) is 0 Å². The van der Waals surface area contributed by atoms with E-state index < -0.39 is 0 Å². The summed E-state index contributed by atoms with van der Waals surface area (Å²) in [6.45, 7) is 5.03. The summed E-state index contributed by atoms with van der Waals surface area (Å²) in [7, 11) is 0. The fourth-order valence-electron chi connectivity index (χ4n) is 3.25. The number of hydrogen-bond acceptors (Lipinski definition) is 3. The molecule has 2 heterocycles. The summed E-state index contributed by atoms with van der Waals surface area (Å²) in [6.07, 6.45) is 2.08. The van der Waals surface area contributed by atoms with E-state index in [-0.39, 0.29) is 23.0 Å². The van der Waals surface area contributed by atoms with Crippen LogP contribution in [0.3, 0.4) is 0 Å². The molecule has 5 heteroatoms. The Hall–Kier alpha value is -1.49. The quantitative estimate of drug-likeness (QED) is 0.799. The predicted molar refractivity (Wildman–Crippen MR) is 91.5 cm³/mol. The summed E-state index contributed by atoms with van der Waals surface area (Å²) in [5, 5.41) is 0.0733. The first-order valence-electron chi connectivity index (χ1n) is 7.88. The standard InChI is InChI=1S/C17H22N2O2S/c1-12-10-18(13(2)20)14-6-3-4-7-15(14)19(11-12)17(21)16-8-5-9-22-16/h3-4,6-7,12,16H,5,8-11H2,1-2H3/t12-,16+/m1/s1. The van der Waals surface area contributed by atoms with Gasteiger partial charge < -0.3 is 9.80 Å². The Morgan fingerprint density at radius 1 is 1.14 bits per heavy atom. The Morgan fingerprint density at radius 3 is 2.36 bits per heavy atom. The van der Waals surface area contributed by atoms with E-state index in [1.54, 1.807) is 23.6 Å². The molecule has 4 nitrogen and oxygen atoms in total. The molecule has 0 saturated carbocycles. The number of amides is 2. The lowest BCUT2D eigenvalue weighted by molar-refractivity contribution is -0.118. The van der Waals surface area contributed by atoms with E-state index in [0.717, 1.165) is 30.0 Å². The third-order valence-electron chi connectivity index (χ3n) is 4.30. The number of nitrogens with zero attached hydrogens (tertiary/aromatic N) is 2. The van der Waals surface area contributed by atoms with Crippen LogP contribution in [0.15, 0.2) is 24.3 Å². The largest absolute Gasteiger partial charge is 0.310 e. The van der Waals surface area contributed by atoms with Crippen LogP contribution in [0.1, 0.15) is 26.7 Å². The molecule has 2 aliphatic heterocycles. The highest BCUT2D eigenvalue weighted by Crippen LogP contribution is 2.36. The van der Waals surface area contributed by atoms with Gasteiger partial charge in [-0.3, -0.25) is 9.59 Å². The second kappa shape index (κ2) is 6.32. The molecule has 0 aliphatic carbocycles. The number of hydrogen-bond donors (Lipinski definition) is 0. The first-order chi connectivity index (χ1) is 10.6. The third kappa shape index (κ3) is 2.86. The van der Waals surface area contributed by atoms with Gasteiger partial charge in [0.15, 0.2) is 0 Å². The van der Waals surface area contributed by atoms with Crippen molar-refractivity contribution in [2.45, 2.75) is 31.9 Å². The van der Waals surface area contributed by atoms with E-state index in [1.165, 1.54) is 0 Å². The third-order valence-corrected chi connectivity index (χ3v) is 5.67. The van der Waals surface area contributed by atoms with Crippen molar-refractivity contribution in [2.24, 2.45) is 5.92 Å². The average Bonchev–Trinajstić information content (AvgIpc) is 2.99. The Morgan fingerprint density at radius 2 is 1.77 bits per heavy atom. The molecule has 1 fully saturated rings. The van der Waals surface area contributed by atoms with Crippen LogP contribution in [0.25, 0.3) is 0 Å². The number of rotatable bonds is 1. The predicted octanol–water partition coefficient (Wildman–Crippen LogP) is 2.92. The number of thioether (sulfide) groups is 1. The van der Waals surface area contributed by atoms with Crippen LogP contribution in [0.5, 0.6) is 0 Å². The average molecular weight is 318 g/mol. The summed E-state index contributed by atoms with van der Waals surface area (Å²) >= 11 is 1.76. The first kappa shape index (κ1) is 15.4.